The highest BCUT2D eigenvalue weighted by atomic mass is 79.9. The Morgan fingerprint density at radius 3 is 2.76 bits per heavy atom. The molecular weight excluding hydrogens is 340 g/mol. The van der Waals surface area contributed by atoms with Crippen LogP contribution in [0.25, 0.3) is 0 Å². The molecule has 0 saturated carbocycles. The number of hydrogen-bond acceptors (Lipinski definition) is 5. The molecule has 0 saturated heterocycles. The van der Waals surface area contributed by atoms with Gasteiger partial charge in [-0.1, -0.05) is 27.2 Å². The fourth-order valence-corrected chi connectivity index (χ4v) is 1.96. The van der Waals surface area contributed by atoms with E-state index in [1.165, 1.54) is 25.3 Å². The maximum Gasteiger partial charge on any atom is 0.273 e. The Hall–Kier alpha value is -2.48. The Morgan fingerprint density at radius 2 is 2.10 bits per heavy atom. The number of methoxy groups -OCH3 is 1. The predicted octanol–water partition coefficient (Wildman–Crippen LogP) is 4.48. The molecule has 0 unspecified atom stereocenters. The second-order valence-electron chi connectivity index (χ2n) is 3.94. The van der Waals surface area contributed by atoms with E-state index in [0.717, 1.165) is 10.2 Å². The fraction of sp³-hybridized carbons (Fsp3) is 0.0769. The number of ether oxygens (including phenoxy) is 1. The third kappa shape index (κ3) is 3.99. The molecule has 0 aliphatic carbocycles. The van der Waals surface area contributed by atoms with Crippen LogP contribution in [0.3, 0.4) is 0 Å². The van der Waals surface area contributed by atoms with Gasteiger partial charge in [-0.3, -0.25) is 15.5 Å². The van der Waals surface area contributed by atoms with Crippen LogP contribution in [-0.2, 0) is 0 Å². The first-order valence-corrected chi connectivity index (χ1v) is 6.64. The van der Waals surface area contributed by atoms with Crippen molar-refractivity contribution < 1.29 is 9.66 Å². The molecule has 0 aliphatic rings. The van der Waals surface area contributed by atoms with Crippen molar-refractivity contribution in [2.24, 2.45) is 10.3 Å². The Balaban J connectivity index is 2.15. The van der Waals surface area contributed by atoms with Crippen molar-refractivity contribution in [3.05, 3.63) is 57.1 Å². The highest BCUT2D eigenvalue weighted by Gasteiger charge is 2.10. The van der Waals surface area contributed by atoms with E-state index in [4.69, 9.17) is 4.74 Å². The van der Waals surface area contributed by atoms with Gasteiger partial charge in [0.2, 0.25) is 0 Å². The van der Waals surface area contributed by atoms with Gasteiger partial charge < -0.3 is 4.74 Å². The molecule has 0 aliphatic heterocycles. The Morgan fingerprint density at radius 1 is 1.29 bits per heavy atom. The van der Waals surface area contributed by atoms with Gasteiger partial charge in [0.05, 0.1) is 23.8 Å². The van der Waals surface area contributed by atoms with E-state index in [0.29, 0.717) is 5.69 Å². The normalized spacial score (nSPS) is 10.6. The van der Waals surface area contributed by atoms with Crippen molar-refractivity contribution in [2.45, 2.75) is 0 Å². The summed E-state index contributed by atoms with van der Waals surface area (Å²) in [6, 6.07) is 11.5. The zero-order valence-electron chi connectivity index (χ0n) is 11.0. The van der Waals surface area contributed by atoms with Crippen LogP contribution in [0.15, 0.2) is 57.3 Å². The summed E-state index contributed by atoms with van der Waals surface area (Å²) in [5, 5.41) is 18.5. The number of rotatable bonds is 5. The van der Waals surface area contributed by atoms with Crippen molar-refractivity contribution in [1.29, 1.82) is 0 Å². The van der Waals surface area contributed by atoms with Gasteiger partial charge in [-0.25, -0.2) is 0 Å². The van der Waals surface area contributed by atoms with Gasteiger partial charge >= 0.3 is 0 Å². The number of nitro groups is 1. The van der Waals surface area contributed by atoms with Crippen molar-refractivity contribution >= 4 is 33.0 Å². The van der Waals surface area contributed by atoms with Gasteiger partial charge in [-0.15, -0.1) is 5.11 Å². The minimum Gasteiger partial charge on any atom is -0.494 e. The summed E-state index contributed by atoms with van der Waals surface area (Å²) in [7, 11) is 1.42. The lowest BCUT2D eigenvalue weighted by atomic mass is 10.2. The van der Waals surface area contributed by atoms with E-state index in [1.807, 2.05) is 24.3 Å². The number of nitrogens with zero attached hydrogens (tertiary/aromatic N) is 3. The number of benzene rings is 2. The van der Waals surface area contributed by atoms with Crippen LogP contribution in [0.4, 0.5) is 17.1 Å². The van der Waals surface area contributed by atoms with E-state index in [-0.39, 0.29) is 11.4 Å². The van der Waals surface area contributed by atoms with Crippen LogP contribution in [0.1, 0.15) is 0 Å². The molecule has 2 aromatic carbocycles. The van der Waals surface area contributed by atoms with Gasteiger partial charge in [0.15, 0.2) is 5.75 Å². The third-order valence-electron chi connectivity index (χ3n) is 2.54. The number of hydrogen-bond donors (Lipinski definition) is 1. The standard InChI is InChI=1S/C13H11BrN4O3/c1-21-13-8-11(18(19)20)5-6-12(13)16-17-15-10-4-2-3-9(14)7-10/h2-8H,1H3,(H,15,16). The highest BCUT2D eigenvalue weighted by molar-refractivity contribution is 9.10. The maximum atomic E-state index is 10.7. The zero-order chi connectivity index (χ0) is 15.2. The second kappa shape index (κ2) is 6.80. The molecule has 0 aromatic heterocycles. The minimum absolute atomic E-state index is 0.0641. The summed E-state index contributed by atoms with van der Waals surface area (Å²) in [6.45, 7) is 0. The molecule has 21 heavy (non-hydrogen) atoms. The Bertz CT molecular complexity index is 691. The lowest BCUT2D eigenvalue weighted by molar-refractivity contribution is -0.384. The van der Waals surface area contributed by atoms with E-state index in [9.17, 15) is 10.1 Å². The van der Waals surface area contributed by atoms with Gasteiger partial charge in [0, 0.05) is 10.5 Å². The molecule has 2 aromatic rings. The molecule has 7 nitrogen and oxygen atoms in total. The first-order chi connectivity index (χ1) is 10.1. The van der Waals surface area contributed by atoms with E-state index in [2.05, 4.69) is 31.7 Å². The predicted molar refractivity (Wildman–Crippen MR) is 81.9 cm³/mol. The maximum absolute atomic E-state index is 10.7. The van der Waals surface area contributed by atoms with Crippen LogP contribution in [-0.4, -0.2) is 12.0 Å². The molecule has 108 valence electrons. The van der Waals surface area contributed by atoms with E-state index in [1.54, 1.807) is 0 Å². The number of nitro benzene ring substituents is 1. The summed E-state index contributed by atoms with van der Waals surface area (Å²) in [5.74, 6) is 0.281. The molecule has 0 atom stereocenters. The average molecular weight is 351 g/mol. The molecular formula is C13H11BrN4O3. The number of non-ortho nitro benzene ring substituents is 1. The Kier molecular flexibility index (Phi) is 4.83. The molecule has 8 heteroatoms. The number of anilines is 1. The molecule has 0 amide bonds. The summed E-state index contributed by atoms with van der Waals surface area (Å²) >= 11 is 3.35. The smallest absolute Gasteiger partial charge is 0.273 e. The van der Waals surface area contributed by atoms with Gasteiger partial charge in [-0.2, -0.15) is 0 Å². The first kappa shape index (κ1) is 14.9. The quantitative estimate of drug-likeness (QED) is 0.489. The topological polar surface area (TPSA) is 89.1 Å². The number of nitrogens with one attached hydrogen (secondary N) is 1. The van der Waals surface area contributed by atoms with E-state index >= 15 is 0 Å². The van der Waals surface area contributed by atoms with Gasteiger partial charge in [0.25, 0.3) is 5.69 Å². The van der Waals surface area contributed by atoms with Crippen LogP contribution in [0, 0.1) is 10.1 Å². The molecule has 0 fully saturated rings. The highest BCUT2D eigenvalue weighted by Crippen LogP contribution is 2.31. The average Bonchev–Trinajstić information content (AvgIpc) is 2.47. The second-order valence-corrected chi connectivity index (χ2v) is 4.85. The summed E-state index contributed by atoms with van der Waals surface area (Å²) < 4.78 is 5.98. The van der Waals surface area contributed by atoms with Crippen LogP contribution in [0.2, 0.25) is 0 Å². The summed E-state index contributed by atoms with van der Waals surface area (Å²) in [6.07, 6.45) is 0. The number of halogens is 1. The van der Waals surface area contributed by atoms with Crippen molar-refractivity contribution in [3.8, 4) is 5.75 Å². The SMILES string of the molecule is COc1cc([N+](=O)[O-])ccc1N=NNc1cccc(Br)c1. The monoisotopic (exact) mass is 350 g/mol. The third-order valence-corrected chi connectivity index (χ3v) is 3.03. The molecule has 0 spiro atoms. The molecule has 0 bridgehead atoms. The van der Waals surface area contributed by atoms with Crippen molar-refractivity contribution in [2.75, 3.05) is 12.5 Å². The van der Waals surface area contributed by atoms with Crippen molar-refractivity contribution in [3.63, 3.8) is 0 Å². The Labute approximate surface area is 128 Å². The van der Waals surface area contributed by atoms with Gasteiger partial charge in [-0.05, 0) is 24.3 Å². The lowest BCUT2D eigenvalue weighted by Crippen LogP contribution is -1.90. The first-order valence-electron chi connectivity index (χ1n) is 5.85. The molecule has 0 heterocycles. The molecule has 1 N–H and O–H groups in total. The molecule has 2 rings (SSSR count). The summed E-state index contributed by atoms with van der Waals surface area (Å²) in [4.78, 5) is 10.2. The van der Waals surface area contributed by atoms with Crippen molar-refractivity contribution in [1.82, 2.24) is 0 Å². The van der Waals surface area contributed by atoms with Crippen LogP contribution >= 0.6 is 15.9 Å². The van der Waals surface area contributed by atoms with Crippen LogP contribution < -0.4 is 10.2 Å². The van der Waals surface area contributed by atoms with E-state index < -0.39 is 4.92 Å². The summed E-state index contributed by atoms with van der Waals surface area (Å²) in [5.41, 5.74) is 3.85. The largest absolute Gasteiger partial charge is 0.494 e. The van der Waals surface area contributed by atoms with Crippen LogP contribution in [0.5, 0.6) is 5.75 Å². The minimum atomic E-state index is -0.497. The van der Waals surface area contributed by atoms with Gasteiger partial charge in [0.1, 0.15) is 5.69 Å². The fourth-order valence-electron chi connectivity index (χ4n) is 1.56. The lowest BCUT2D eigenvalue weighted by Gasteiger charge is -2.03. The zero-order valence-corrected chi connectivity index (χ0v) is 12.6. The molecule has 0 radical (unpaired) electrons.